The SMILES string of the molecule is [N-]=[N+]=NC(=O)Oc1c(F)c(F)c(C2CO2)c(F)c1F. The third-order valence-electron chi connectivity index (χ3n) is 2.23. The molecule has 0 spiro atoms. The van der Waals surface area contributed by atoms with E-state index in [0.29, 0.717) is 0 Å². The number of halogens is 4. The fourth-order valence-corrected chi connectivity index (χ4v) is 1.36. The lowest BCUT2D eigenvalue weighted by atomic mass is 10.1. The van der Waals surface area contributed by atoms with Crippen molar-refractivity contribution in [2.24, 2.45) is 5.11 Å². The fraction of sp³-hybridized carbons (Fsp3) is 0.222. The molecule has 1 aromatic carbocycles. The first-order chi connectivity index (χ1) is 8.97. The molecule has 0 radical (unpaired) electrons. The van der Waals surface area contributed by atoms with Crippen LogP contribution in [0.2, 0.25) is 0 Å². The summed E-state index contributed by atoms with van der Waals surface area (Å²) >= 11 is 0. The van der Waals surface area contributed by atoms with Crippen molar-refractivity contribution in [3.63, 3.8) is 0 Å². The molecule has 1 aliphatic rings. The van der Waals surface area contributed by atoms with Crippen LogP contribution in [0.4, 0.5) is 22.4 Å². The molecule has 1 aliphatic heterocycles. The summed E-state index contributed by atoms with van der Waals surface area (Å²) < 4.78 is 62.3. The summed E-state index contributed by atoms with van der Waals surface area (Å²) in [5, 5.41) is 2.35. The van der Waals surface area contributed by atoms with Crippen LogP contribution in [0.3, 0.4) is 0 Å². The monoisotopic (exact) mass is 277 g/mol. The summed E-state index contributed by atoms with van der Waals surface area (Å²) in [7, 11) is 0. The van der Waals surface area contributed by atoms with Crippen molar-refractivity contribution >= 4 is 6.09 Å². The van der Waals surface area contributed by atoms with Gasteiger partial charge in [0.15, 0.2) is 11.6 Å². The van der Waals surface area contributed by atoms with Gasteiger partial charge in [-0.05, 0) is 5.53 Å². The Morgan fingerprint density at radius 3 is 2.21 bits per heavy atom. The van der Waals surface area contributed by atoms with Crippen molar-refractivity contribution in [3.8, 4) is 5.75 Å². The van der Waals surface area contributed by atoms with E-state index >= 15 is 0 Å². The molecule has 0 aromatic heterocycles. The number of ether oxygens (including phenoxy) is 2. The molecular weight excluding hydrogens is 274 g/mol. The predicted molar refractivity (Wildman–Crippen MR) is 50.1 cm³/mol. The highest BCUT2D eigenvalue weighted by atomic mass is 19.2. The number of nitrogens with zero attached hydrogens (tertiary/aromatic N) is 3. The quantitative estimate of drug-likeness (QED) is 0.208. The van der Waals surface area contributed by atoms with Crippen molar-refractivity contribution < 1.29 is 31.8 Å². The maximum atomic E-state index is 13.5. The molecule has 100 valence electrons. The van der Waals surface area contributed by atoms with Crippen LogP contribution in [-0.2, 0) is 4.74 Å². The minimum Gasteiger partial charge on any atom is -0.415 e. The maximum absolute atomic E-state index is 13.5. The third kappa shape index (κ3) is 2.30. The van der Waals surface area contributed by atoms with Crippen molar-refractivity contribution in [1.29, 1.82) is 0 Å². The van der Waals surface area contributed by atoms with Crippen LogP contribution in [0.5, 0.6) is 5.75 Å². The van der Waals surface area contributed by atoms with Crippen molar-refractivity contribution in [3.05, 3.63) is 39.3 Å². The van der Waals surface area contributed by atoms with E-state index in [1.165, 1.54) is 0 Å². The zero-order chi connectivity index (χ0) is 14.2. The Morgan fingerprint density at radius 1 is 1.26 bits per heavy atom. The third-order valence-corrected chi connectivity index (χ3v) is 2.23. The summed E-state index contributed by atoms with van der Waals surface area (Å²) in [6.07, 6.45) is -2.83. The largest absolute Gasteiger partial charge is 0.415 e. The smallest absolute Gasteiger partial charge is 0.402 e. The molecule has 1 atom stereocenters. The highest BCUT2D eigenvalue weighted by Crippen LogP contribution is 2.39. The van der Waals surface area contributed by atoms with Gasteiger partial charge in [0, 0.05) is 10.0 Å². The molecule has 19 heavy (non-hydrogen) atoms. The zero-order valence-corrected chi connectivity index (χ0v) is 8.86. The standard InChI is InChI=1S/C9H3F4N3O3/c10-4-3(2-1-18-2)5(11)7(13)8(6(4)12)19-9(17)15-16-14/h2H,1H2. The molecule has 0 saturated carbocycles. The average Bonchev–Trinajstić information content (AvgIpc) is 3.17. The number of carbonyl (C=O) groups excluding carboxylic acids is 1. The molecule has 0 aliphatic carbocycles. The van der Waals surface area contributed by atoms with E-state index in [4.69, 9.17) is 5.53 Å². The van der Waals surface area contributed by atoms with E-state index in [1.54, 1.807) is 0 Å². The molecule has 1 fully saturated rings. The summed E-state index contributed by atoms with van der Waals surface area (Å²) in [5.74, 6) is -8.90. The van der Waals surface area contributed by atoms with Gasteiger partial charge in [0.25, 0.3) is 0 Å². The Balaban J connectivity index is 2.50. The number of rotatable bonds is 2. The van der Waals surface area contributed by atoms with E-state index in [-0.39, 0.29) is 6.61 Å². The highest BCUT2D eigenvalue weighted by Gasteiger charge is 2.37. The van der Waals surface area contributed by atoms with Gasteiger partial charge in [-0.15, -0.1) is 0 Å². The number of amides is 1. The molecule has 1 saturated heterocycles. The van der Waals surface area contributed by atoms with Crippen molar-refractivity contribution in [2.45, 2.75) is 6.10 Å². The fourth-order valence-electron chi connectivity index (χ4n) is 1.36. The Labute approximate surface area is 102 Å². The molecule has 0 N–H and O–H groups in total. The Kier molecular flexibility index (Phi) is 3.28. The molecule has 1 heterocycles. The lowest BCUT2D eigenvalue weighted by Crippen LogP contribution is -2.10. The molecule has 1 aromatic rings. The Bertz CT molecular complexity index is 582. The first kappa shape index (κ1) is 13.1. The van der Waals surface area contributed by atoms with Crippen LogP contribution < -0.4 is 4.74 Å². The van der Waals surface area contributed by atoms with Gasteiger partial charge in [0.05, 0.1) is 12.2 Å². The topological polar surface area (TPSA) is 87.6 Å². The second kappa shape index (κ2) is 4.75. The van der Waals surface area contributed by atoms with Crippen LogP contribution in [0.25, 0.3) is 10.4 Å². The lowest BCUT2D eigenvalue weighted by molar-refractivity contribution is 0.204. The Hall–Kier alpha value is -2.32. The summed E-state index contributed by atoms with van der Waals surface area (Å²) in [6.45, 7) is -0.0788. The van der Waals surface area contributed by atoms with Crippen LogP contribution in [0.15, 0.2) is 5.11 Å². The number of hydrogen-bond acceptors (Lipinski definition) is 3. The minimum absolute atomic E-state index is 0.0788. The maximum Gasteiger partial charge on any atom is 0.402 e. The molecule has 6 nitrogen and oxygen atoms in total. The van der Waals surface area contributed by atoms with Crippen molar-refractivity contribution in [2.75, 3.05) is 6.61 Å². The average molecular weight is 277 g/mol. The molecule has 0 bridgehead atoms. The summed E-state index contributed by atoms with van der Waals surface area (Å²) in [6, 6.07) is 0. The summed E-state index contributed by atoms with van der Waals surface area (Å²) in [5.41, 5.74) is 6.97. The van der Waals surface area contributed by atoms with E-state index in [2.05, 4.69) is 14.6 Å². The first-order valence-electron chi connectivity index (χ1n) is 4.71. The van der Waals surface area contributed by atoms with Crippen LogP contribution in [0, 0.1) is 23.3 Å². The predicted octanol–water partition coefficient (Wildman–Crippen LogP) is 3.12. The summed E-state index contributed by atoms with van der Waals surface area (Å²) in [4.78, 5) is 12.7. The molecule has 10 heteroatoms. The minimum atomic E-state index is -1.91. The lowest BCUT2D eigenvalue weighted by Gasteiger charge is -2.09. The van der Waals surface area contributed by atoms with Gasteiger partial charge in [-0.2, -0.15) is 8.78 Å². The van der Waals surface area contributed by atoms with Crippen LogP contribution in [-0.4, -0.2) is 12.7 Å². The molecule has 1 amide bonds. The second-order valence-corrected chi connectivity index (χ2v) is 3.38. The van der Waals surface area contributed by atoms with E-state index in [9.17, 15) is 22.4 Å². The number of carbonyl (C=O) groups is 1. The first-order valence-corrected chi connectivity index (χ1v) is 4.71. The molecule has 2 rings (SSSR count). The number of hydrogen-bond donors (Lipinski definition) is 0. The second-order valence-electron chi connectivity index (χ2n) is 3.38. The van der Waals surface area contributed by atoms with Gasteiger partial charge < -0.3 is 9.47 Å². The van der Waals surface area contributed by atoms with E-state index in [1.807, 2.05) is 4.91 Å². The van der Waals surface area contributed by atoms with E-state index < -0.39 is 46.8 Å². The Morgan fingerprint density at radius 2 is 1.79 bits per heavy atom. The molecular formula is C9H3F4N3O3. The van der Waals surface area contributed by atoms with E-state index in [0.717, 1.165) is 0 Å². The highest BCUT2D eigenvalue weighted by molar-refractivity contribution is 5.71. The van der Waals surface area contributed by atoms with Gasteiger partial charge in [-0.3, -0.25) is 0 Å². The number of epoxide rings is 1. The molecule has 1 unspecified atom stereocenters. The van der Waals surface area contributed by atoms with Gasteiger partial charge in [-0.25, -0.2) is 13.6 Å². The van der Waals surface area contributed by atoms with Gasteiger partial charge in [0.2, 0.25) is 17.4 Å². The number of azide groups is 1. The van der Waals surface area contributed by atoms with Crippen LogP contribution in [0.1, 0.15) is 11.7 Å². The van der Waals surface area contributed by atoms with Crippen molar-refractivity contribution in [1.82, 2.24) is 0 Å². The van der Waals surface area contributed by atoms with Gasteiger partial charge >= 0.3 is 6.09 Å². The normalized spacial score (nSPS) is 16.7. The van der Waals surface area contributed by atoms with Crippen LogP contribution >= 0.6 is 0 Å². The van der Waals surface area contributed by atoms with Gasteiger partial charge in [-0.1, -0.05) is 0 Å². The number of benzene rings is 1. The van der Waals surface area contributed by atoms with Gasteiger partial charge in [0.1, 0.15) is 6.10 Å². The zero-order valence-electron chi connectivity index (χ0n) is 8.86.